The Morgan fingerprint density at radius 1 is 0.633 bits per heavy atom. The summed E-state index contributed by atoms with van der Waals surface area (Å²) in [5.41, 5.74) is 3.41. The first-order chi connectivity index (χ1) is 14.1. The third kappa shape index (κ3) is 4.46. The molecule has 0 fully saturated rings. The number of phenolic OH excluding ortho intramolecular Hbond substituents is 5. The van der Waals surface area contributed by atoms with Gasteiger partial charge in [0.1, 0.15) is 28.7 Å². The molecule has 0 atom stereocenters. The Hall–Kier alpha value is -3.34. The Kier molecular flexibility index (Phi) is 5.83. The van der Waals surface area contributed by atoms with E-state index >= 15 is 0 Å². The Morgan fingerprint density at radius 2 is 1.07 bits per heavy atom. The molecule has 0 spiro atoms. The van der Waals surface area contributed by atoms with Crippen LogP contribution >= 0.6 is 0 Å². The second-order valence-electron chi connectivity index (χ2n) is 8.36. The number of aromatic hydroxyl groups is 5. The van der Waals surface area contributed by atoms with Gasteiger partial charge in [-0.3, -0.25) is 0 Å². The van der Waals surface area contributed by atoms with Gasteiger partial charge in [-0.15, -0.1) is 0 Å². The van der Waals surface area contributed by atoms with Gasteiger partial charge in [0.2, 0.25) is 0 Å². The molecule has 3 aromatic rings. The molecule has 158 valence electrons. The predicted molar refractivity (Wildman–Crippen MR) is 117 cm³/mol. The molecule has 0 amide bonds. The highest BCUT2D eigenvalue weighted by atomic mass is 16.3. The molecule has 3 rings (SSSR count). The maximum absolute atomic E-state index is 11.0. The van der Waals surface area contributed by atoms with Crippen LogP contribution in [-0.2, 0) is 18.3 Å². The van der Waals surface area contributed by atoms with E-state index in [0.717, 1.165) is 12.0 Å². The lowest BCUT2D eigenvalue weighted by Gasteiger charge is -2.26. The maximum Gasteiger partial charge on any atom is 0.122 e. The highest BCUT2D eigenvalue weighted by Crippen LogP contribution is 2.37. The molecular formula is C25H28O5. The molecule has 0 aliphatic heterocycles. The molecule has 0 radical (unpaired) electrons. The van der Waals surface area contributed by atoms with Crippen molar-refractivity contribution in [2.45, 2.75) is 45.4 Å². The van der Waals surface area contributed by atoms with Crippen LogP contribution < -0.4 is 0 Å². The zero-order valence-corrected chi connectivity index (χ0v) is 17.5. The molecule has 0 aliphatic carbocycles. The average Bonchev–Trinajstić information content (AvgIpc) is 2.68. The van der Waals surface area contributed by atoms with Crippen LogP contribution in [0.25, 0.3) is 0 Å². The molecule has 30 heavy (non-hydrogen) atoms. The van der Waals surface area contributed by atoms with E-state index in [1.807, 2.05) is 12.1 Å². The van der Waals surface area contributed by atoms with Crippen LogP contribution in [0.5, 0.6) is 28.7 Å². The Morgan fingerprint density at radius 3 is 1.43 bits per heavy atom. The first-order valence-corrected chi connectivity index (χ1v) is 9.97. The number of phenols is 5. The van der Waals surface area contributed by atoms with Crippen LogP contribution in [0.15, 0.2) is 48.5 Å². The van der Waals surface area contributed by atoms with Crippen molar-refractivity contribution < 1.29 is 25.5 Å². The van der Waals surface area contributed by atoms with E-state index < -0.39 is 0 Å². The Labute approximate surface area is 176 Å². The molecule has 5 nitrogen and oxygen atoms in total. The third-order valence-corrected chi connectivity index (χ3v) is 5.83. The molecule has 0 unspecified atom stereocenters. The molecule has 0 aliphatic rings. The maximum atomic E-state index is 11.0. The first-order valence-electron chi connectivity index (χ1n) is 9.97. The van der Waals surface area contributed by atoms with Crippen LogP contribution in [0.4, 0.5) is 0 Å². The minimum atomic E-state index is -0.134. The number of rotatable bonds is 6. The normalized spacial score (nSPS) is 11.6. The largest absolute Gasteiger partial charge is 0.508 e. The highest BCUT2D eigenvalue weighted by Gasteiger charge is 2.22. The second kappa shape index (κ2) is 8.19. The van der Waals surface area contributed by atoms with Crippen LogP contribution in [0.3, 0.4) is 0 Å². The van der Waals surface area contributed by atoms with Crippen molar-refractivity contribution in [3.05, 3.63) is 76.3 Å². The minimum absolute atomic E-state index is 0.0233. The van der Waals surface area contributed by atoms with Gasteiger partial charge in [0.25, 0.3) is 0 Å². The van der Waals surface area contributed by atoms with Gasteiger partial charge in [0.15, 0.2) is 0 Å². The van der Waals surface area contributed by atoms with Crippen molar-refractivity contribution in [2.24, 2.45) is 0 Å². The highest BCUT2D eigenvalue weighted by molar-refractivity contribution is 5.52. The van der Waals surface area contributed by atoms with E-state index in [1.165, 1.54) is 24.3 Å². The van der Waals surface area contributed by atoms with Gasteiger partial charge in [0, 0.05) is 25.0 Å². The number of benzene rings is 3. The summed E-state index contributed by atoms with van der Waals surface area (Å²) in [4.78, 5) is 0. The molecule has 5 N–H and O–H groups in total. The summed E-state index contributed by atoms with van der Waals surface area (Å²) in [5.74, 6) is -0.0140. The van der Waals surface area contributed by atoms with Gasteiger partial charge in [0.05, 0.1) is 0 Å². The van der Waals surface area contributed by atoms with Crippen molar-refractivity contribution in [3.8, 4) is 28.7 Å². The zero-order chi connectivity index (χ0) is 22.1. The summed E-state index contributed by atoms with van der Waals surface area (Å²) in [7, 11) is 0. The fourth-order valence-corrected chi connectivity index (χ4v) is 3.44. The summed E-state index contributed by atoms with van der Waals surface area (Å²) in [6.45, 7) is 6.36. The van der Waals surface area contributed by atoms with E-state index in [-0.39, 0.29) is 34.2 Å². The van der Waals surface area contributed by atoms with Crippen LogP contribution in [-0.4, -0.2) is 25.5 Å². The Balaban J connectivity index is 2.09. The summed E-state index contributed by atoms with van der Waals surface area (Å²) in [6.07, 6.45) is 1.48. The van der Waals surface area contributed by atoms with Crippen molar-refractivity contribution in [1.82, 2.24) is 0 Å². The first kappa shape index (κ1) is 21.4. The smallest absolute Gasteiger partial charge is 0.122 e. The lowest BCUT2D eigenvalue weighted by molar-refractivity contribution is 0.444. The molecular weight excluding hydrogens is 380 g/mol. The fourth-order valence-electron chi connectivity index (χ4n) is 3.44. The van der Waals surface area contributed by atoms with Gasteiger partial charge in [-0.25, -0.2) is 0 Å². The molecule has 0 bridgehead atoms. The fraction of sp³-hybridized carbons (Fsp3) is 0.280. The van der Waals surface area contributed by atoms with Crippen LogP contribution in [0, 0.1) is 0 Å². The van der Waals surface area contributed by atoms with E-state index in [9.17, 15) is 25.5 Å². The van der Waals surface area contributed by atoms with Crippen molar-refractivity contribution in [3.63, 3.8) is 0 Å². The third-order valence-electron chi connectivity index (χ3n) is 5.83. The lowest BCUT2D eigenvalue weighted by atomic mass is 9.79. The average molecular weight is 408 g/mol. The van der Waals surface area contributed by atoms with Gasteiger partial charge >= 0.3 is 0 Å². The van der Waals surface area contributed by atoms with Crippen LogP contribution in [0.1, 0.15) is 55.0 Å². The van der Waals surface area contributed by atoms with Crippen molar-refractivity contribution in [1.29, 1.82) is 0 Å². The quantitative estimate of drug-likeness (QED) is 0.391. The van der Waals surface area contributed by atoms with E-state index in [1.54, 1.807) is 12.1 Å². The predicted octanol–water partition coefficient (Wildman–Crippen LogP) is 5.08. The number of hydrogen-bond donors (Lipinski definition) is 5. The van der Waals surface area contributed by atoms with Crippen molar-refractivity contribution in [2.75, 3.05) is 0 Å². The summed E-state index contributed by atoms with van der Waals surface area (Å²) in [5, 5.41) is 50.5. The topological polar surface area (TPSA) is 101 Å². The van der Waals surface area contributed by atoms with E-state index in [4.69, 9.17) is 0 Å². The number of hydrogen-bond acceptors (Lipinski definition) is 5. The summed E-state index contributed by atoms with van der Waals surface area (Å²) in [6, 6.07) is 12.7. The van der Waals surface area contributed by atoms with Gasteiger partial charge in [-0.2, -0.15) is 0 Å². The molecule has 5 heteroatoms. The minimum Gasteiger partial charge on any atom is -0.508 e. The molecule has 0 saturated carbocycles. The Bertz CT molecular complexity index is 995. The molecule has 0 saturated heterocycles. The molecule has 3 aromatic carbocycles. The van der Waals surface area contributed by atoms with Gasteiger partial charge in [-0.1, -0.05) is 45.0 Å². The van der Waals surface area contributed by atoms with Gasteiger partial charge in [-0.05, 0) is 51.8 Å². The van der Waals surface area contributed by atoms with Crippen LogP contribution in [0.2, 0.25) is 0 Å². The van der Waals surface area contributed by atoms with Gasteiger partial charge < -0.3 is 25.5 Å². The summed E-state index contributed by atoms with van der Waals surface area (Å²) < 4.78 is 0. The van der Waals surface area contributed by atoms with Crippen molar-refractivity contribution >= 4 is 0 Å². The zero-order valence-electron chi connectivity index (χ0n) is 17.5. The monoisotopic (exact) mass is 408 g/mol. The van der Waals surface area contributed by atoms with E-state index in [0.29, 0.717) is 35.1 Å². The summed E-state index contributed by atoms with van der Waals surface area (Å²) >= 11 is 0. The van der Waals surface area contributed by atoms with E-state index in [2.05, 4.69) is 20.8 Å². The molecule has 0 aromatic heterocycles. The SMILES string of the molecule is CCC(C)(C)c1cc(Cc2ccc(O)cc2O)c(O)c(Cc2ccc(O)cc2O)c1. The standard InChI is InChI=1S/C25H28O5/c1-4-25(2,3)19-11-17(9-15-5-7-20(26)13-22(15)28)24(30)18(12-19)10-16-6-8-21(27)14-23(16)29/h5-8,11-14,26-30H,4,9-10H2,1-3H3. The second-order valence-corrected chi connectivity index (χ2v) is 8.36. The molecule has 0 heterocycles. The lowest BCUT2D eigenvalue weighted by Crippen LogP contribution is -2.16.